The average Bonchev–Trinajstić information content (AvgIpc) is 2.86. The van der Waals surface area contributed by atoms with E-state index in [0.29, 0.717) is 10.4 Å². The molecule has 1 saturated heterocycles. The molecule has 0 bridgehead atoms. The monoisotopic (exact) mass is 312 g/mol. The number of nitrogens with zero attached hydrogens (tertiary/aromatic N) is 4. The summed E-state index contributed by atoms with van der Waals surface area (Å²) in [6.45, 7) is 0.585. The lowest BCUT2D eigenvalue weighted by molar-refractivity contribution is -0.138. The zero-order valence-electron chi connectivity index (χ0n) is 11.9. The van der Waals surface area contributed by atoms with E-state index in [0.717, 1.165) is 32.3 Å². The predicted octanol–water partition coefficient (Wildman–Crippen LogP) is 1.73. The Morgan fingerprint density at radius 1 is 1.43 bits per heavy atom. The number of hydrogen-bond donors (Lipinski definition) is 1. The van der Waals surface area contributed by atoms with E-state index in [1.54, 1.807) is 11.8 Å². The van der Waals surface area contributed by atoms with E-state index in [1.807, 2.05) is 0 Å². The highest BCUT2D eigenvalue weighted by atomic mass is 32.2. The van der Waals surface area contributed by atoms with Gasteiger partial charge in [0.2, 0.25) is 5.16 Å². The maximum Gasteiger partial charge on any atom is 0.325 e. The van der Waals surface area contributed by atoms with Crippen LogP contribution < -0.4 is 0 Å². The van der Waals surface area contributed by atoms with Gasteiger partial charge in [-0.15, -0.1) is 5.10 Å². The SMILES string of the molecule is O=C(O)Cn1nnnc1SC1CCOC2(CCCCC2)C1. The molecule has 2 fully saturated rings. The maximum absolute atomic E-state index is 10.8. The Labute approximate surface area is 127 Å². The molecule has 1 spiro atoms. The minimum Gasteiger partial charge on any atom is -0.480 e. The summed E-state index contributed by atoms with van der Waals surface area (Å²) in [5.74, 6) is -0.931. The maximum atomic E-state index is 10.8. The van der Waals surface area contributed by atoms with Gasteiger partial charge in [-0.1, -0.05) is 31.0 Å². The number of carboxylic acids is 1. The molecule has 7 nitrogen and oxygen atoms in total. The summed E-state index contributed by atoms with van der Waals surface area (Å²) in [6.07, 6.45) is 8.06. The van der Waals surface area contributed by atoms with E-state index in [2.05, 4.69) is 15.5 Å². The van der Waals surface area contributed by atoms with Crippen molar-refractivity contribution in [2.45, 2.75) is 67.5 Å². The Morgan fingerprint density at radius 3 is 3.00 bits per heavy atom. The van der Waals surface area contributed by atoms with Gasteiger partial charge in [-0.25, -0.2) is 4.68 Å². The van der Waals surface area contributed by atoms with Crippen LogP contribution in [0.1, 0.15) is 44.9 Å². The van der Waals surface area contributed by atoms with Crippen molar-refractivity contribution in [1.29, 1.82) is 0 Å². The number of rotatable bonds is 4. The molecule has 1 aromatic rings. The molecule has 0 amide bonds. The molecule has 0 aromatic carbocycles. The van der Waals surface area contributed by atoms with Crippen molar-refractivity contribution in [1.82, 2.24) is 20.2 Å². The Morgan fingerprint density at radius 2 is 2.24 bits per heavy atom. The summed E-state index contributed by atoms with van der Waals surface area (Å²) < 4.78 is 7.44. The standard InChI is InChI=1S/C13H20N4O3S/c18-11(19)9-17-12(14-15-16-17)21-10-4-7-20-13(8-10)5-2-1-3-6-13/h10H,1-9H2,(H,18,19). The summed E-state index contributed by atoms with van der Waals surface area (Å²) in [4.78, 5) is 10.8. The van der Waals surface area contributed by atoms with Crippen LogP contribution in [-0.2, 0) is 16.1 Å². The molecule has 116 valence electrons. The molecule has 3 rings (SSSR count). The fraction of sp³-hybridized carbons (Fsp3) is 0.846. The third-order valence-corrected chi connectivity index (χ3v) is 5.51. The van der Waals surface area contributed by atoms with E-state index < -0.39 is 5.97 Å². The average molecular weight is 312 g/mol. The number of carbonyl (C=O) groups is 1. The van der Waals surface area contributed by atoms with Gasteiger partial charge in [0.25, 0.3) is 0 Å². The Kier molecular flexibility index (Phi) is 4.44. The number of thioether (sulfide) groups is 1. The number of hydrogen-bond acceptors (Lipinski definition) is 6. The molecule has 1 atom stereocenters. The second-order valence-electron chi connectivity index (χ2n) is 5.84. The van der Waals surface area contributed by atoms with Gasteiger partial charge in [0.1, 0.15) is 6.54 Å². The van der Waals surface area contributed by atoms with Crippen molar-refractivity contribution in [3.05, 3.63) is 0 Å². The first-order valence-electron chi connectivity index (χ1n) is 7.45. The van der Waals surface area contributed by atoms with Crippen LogP contribution in [0.4, 0.5) is 0 Å². The number of ether oxygens (including phenoxy) is 1. The van der Waals surface area contributed by atoms with Crippen molar-refractivity contribution < 1.29 is 14.6 Å². The Balaban J connectivity index is 1.64. The number of carboxylic acid groups (broad SMARTS) is 1. The molecule has 21 heavy (non-hydrogen) atoms. The summed E-state index contributed by atoms with van der Waals surface area (Å²) >= 11 is 1.59. The predicted molar refractivity (Wildman–Crippen MR) is 76.1 cm³/mol. The van der Waals surface area contributed by atoms with Crippen LogP contribution in [0.15, 0.2) is 5.16 Å². The Hall–Kier alpha value is -1.15. The molecule has 1 N–H and O–H groups in total. The minimum atomic E-state index is -0.931. The molecular formula is C13H20N4O3S. The van der Waals surface area contributed by atoms with Gasteiger partial charge in [-0.05, 0) is 36.1 Å². The molecule has 8 heteroatoms. The number of aliphatic carboxylic acids is 1. The molecule has 1 aliphatic carbocycles. The fourth-order valence-electron chi connectivity index (χ4n) is 3.29. The summed E-state index contributed by atoms with van der Waals surface area (Å²) in [6, 6.07) is 0. The van der Waals surface area contributed by atoms with Crippen molar-refractivity contribution in [2.24, 2.45) is 0 Å². The summed E-state index contributed by atoms with van der Waals surface area (Å²) in [5.41, 5.74) is 0.0409. The van der Waals surface area contributed by atoms with Crippen molar-refractivity contribution in [3.63, 3.8) is 0 Å². The van der Waals surface area contributed by atoms with Gasteiger partial charge in [0.05, 0.1) is 5.60 Å². The van der Waals surface area contributed by atoms with Crippen LogP contribution in [-0.4, -0.2) is 48.7 Å². The molecule has 2 heterocycles. The molecule has 1 aromatic heterocycles. The lowest BCUT2D eigenvalue weighted by Gasteiger charge is -2.43. The third-order valence-electron chi connectivity index (χ3n) is 4.27. The van der Waals surface area contributed by atoms with Crippen molar-refractivity contribution in [3.8, 4) is 0 Å². The highest BCUT2D eigenvalue weighted by Crippen LogP contribution is 2.42. The van der Waals surface area contributed by atoms with E-state index in [9.17, 15) is 4.79 Å². The van der Waals surface area contributed by atoms with E-state index in [-0.39, 0.29) is 12.1 Å². The molecule has 1 saturated carbocycles. The smallest absolute Gasteiger partial charge is 0.325 e. The fourth-order valence-corrected chi connectivity index (χ4v) is 4.49. The quantitative estimate of drug-likeness (QED) is 0.905. The van der Waals surface area contributed by atoms with Crippen LogP contribution in [0.5, 0.6) is 0 Å². The minimum absolute atomic E-state index is 0.0409. The first-order chi connectivity index (χ1) is 10.2. The van der Waals surface area contributed by atoms with Gasteiger partial charge in [-0.3, -0.25) is 4.79 Å². The first kappa shape index (κ1) is 14.8. The topological polar surface area (TPSA) is 90.1 Å². The lowest BCUT2D eigenvalue weighted by Crippen LogP contribution is -2.42. The van der Waals surface area contributed by atoms with Crippen LogP contribution >= 0.6 is 11.8 Å². The second-order valence-corrected chi connectivity index (χ2v) is 7.11. The summed E-state index contributed by atoms with van der Waals surface area (Å²) in [5, 5.41) is 21.2. The number of tetrazole rings is 1. The molecular weight excluding hydrogens is 292 g/mol. The van der Waals surface area contributed by atoms with Gasteiger partial charge < -0.3 is 9.84 Å². The highest BCUT2D eigenvalue weighted by Gasteiger charge is 2.39. The molecule has 1 aliphatic heterocycles. The van der Waals surface area contributed by atoms with Gasteiger partial charge in [-0.2, -0.15) is 0 Å². The van der Waals surface area contributed by atoms with E-state index in [4.69, 9.17) is 9.84 Å². The van der Waals surface area contributed by atoms with Crippen LogP contribution in [0, 0.1) is 0 Å². The zero-order chi connectivity index (χ0) is 14.7. The van der Waals surface area contributed by atoms with Gasteiger partial charge in [0.15, 0.2) is 0 Å². The zero-order valence-corrected chi connectivity index (χ0v) is 12.7. The largest absolute Gasteiger partial charge is 0.480 e. The summed E-state index contributed by atoms with van der Waals surface area (Å²) in [7, 11) is 0. The highest BCUT2D eigenvalue weighted by molar-refractivity contribution is 7.99. The van der Waals surface area contributed by atoms with E-state index >= 15 is 0 Å². The number of aromatic nitrogens is 4. The second kappa shape index (κ2) is 6.31. The van der Waals surface area contributed by atoms with Crippen LogP contribution in [0.3, 0.4) is 0 Å². The van der Waals surface area contributed by atoms with Crippen LogP contribution in [0.2, 0.25) is 0 Å². The van der Waals surface area contributed by atoms with Gasteiger partial charge >= 0.3 is 5.97 Å². The molecule has 1 unspecified atom stereocenters. The molecule has 0 radical (unpaired) electrons. The van der Waals surface area contributed by atoms with Gasteiger partial charge in [0, 0.05) is 11.9 Å². The van der Waals surface area contributed by atoms with Crippen molar-refractivity contribution >= 4 is 17.7 Å². The van der Waals surface area contributed by atoms with Crippen molar-refractivity contribution in [2.75, 3.05) is 6.61 Å². The third kappa shape index (κ3) is 3.55. The normalized spacial score (nSPS) is 25.0. The lowest BCUT2D eigenvalue weighted by atomic mass is 9.80. The first-order valence-corrected chi connectivity index (χ1v) is 8.33. The van der Waals surface area contributed by atoms with Crippen LogP contribution in [0.25, 0.3) is 0 Å². The molecule has 2 aliphatic rings. The Bertz CT molecular complexity index is 496. The van der Waals surface area contributed by atoms with E-state index in [1.165, 1.54) is 23.9 Å².